The lowest BCUT2D eigenvalue weighted by atomic mass is 10.1. The third-order valence-electron chi connectivity index (χ3n) is 3.15. The van der Waals surface area contributed by atoms with Crippen molar-refractivity contribution >= 4 is 11.5 Å². The Balaban J connectivity index is 2.65. The second-order valence-electron chi connectivity index (χ2n) is 4.34. The highest BCUT2D eigenvalue weighted by Crippen LogP contribution is 2.29. The Hall–Kier alpha value is -2.50. The SMILES string of the molecule is CCc1c(C)nc(-c2ccccc2[N+](=O)[O-])nc1NC. The lowest BCUT2D eigenvalue weighted by molar-refractivity contribution is -0.384. The zero-order valence-electron chi connectivity index (χ0n) is 11.7. The Morgan fingerprint density at radius 1 is 1.30 bits per heavy atom. The first kappa shape index (κ1) is 13.9. The summed E-state index contributed by atoms with van der Waals surface area (Å²) in [5.74, 6) is 1.09. The van der Waals surface area contributed by atoms with E-state index < -0.39 is 4.92 Å². The van der Waals surface area contributed by atoms with E-state index >= 15 is 0 Å². The van der Waals surface area contributed by atoms with Gasteiger partial charge in [0.15, 0.2) is 5.82 Å². The van der Waals surface area contributed by atoms with Gasteiger partial charge in [0.1, 0.15) is 5.82 Å². The van der Waals surface area contributed by atoms with Crippen LogP contribution in [-0.4, -0.2) is 21.9 Å². The predicted molar refractivity (Wildman–Crippen MR) is 77.8 cm³/mol. The summed E-state index contributed by atoms with van der Waals surface area (Å²) in [5.41, 5.74) is 2.30. The summed E-state index contributed by atoms with van der Waals surface area (Å²) in [6, 6.07) is 6.50. The van der Waals surface area contributed by atoms with Crippen LogP contribution >= 0.6 is 0 Å². The van der Waals surface area contributed by atoms with Gasteiger partial charge in [0.25, 0.3) is 5.69 Å². The maximum absolute atomic E-state index is 11.1. The van der Waals surface area contributed by atoms with Gasteiger partial charge in [-0.3, -0.25) is 10.1 Å². The lowest BCUT2D eigenvalue weighted by Gasteiger charge is -2.11. The van der Waals surface area contributed by atoms with Crippen LogP contribution in [0.5, 0.6) is 0 Å². The normalized spacial score (nSPS) is 10.3. The molecule has 0 spiro atoms. The molecule has 2 aromatic rings. The van der Waals surface area contributed by atoms with E-state index in [1.165, 1.54) is 6.07 Å². The van der Waals surface area contributed by atoms with Crippen LogP contribution in [0.3, 0.4) is 0 Å². The summed E-state index contributed by atoms with van der Waals surface area (Å²) in [5, 5.41) is 14.1. The van der Waals surface area contributed by atoms with Gasteiger partial charge in [0.05, 0.1) is 10.5 Å². The van der Waals surface area contributed by atoms with Gasteiger partial charge in [-0.25, -0.2) is 9.97 Å². The summed E-state index contributed by atoms with van der Waals surface area (Å²) in [6.07, 6.45) is 0.805. The van der Waals surface area contributed by atoms with Crippen LogP contribution in [0, 0.1) is 17.0 Å². The monoisotopic (exact) mass is 272 g/mol. The molecule has 0 aliphatic carbocycles. The Morgan fingerprint density at radius 3 is 2.60 bits per heavy atom. The molecule has 0 atom stereocenters. The van der Waals surface area contributed by atoms with Crippen molar-refractivity contribution < 1.29 is 4.92 Å². The number of aromatic nitrogens is 2. The average Bonchev–Trinajstić information content (AvgIpc) is 2.46. The summed E-state index contributed by atoms with van der Waals surface area (Å²) in [6.45, 7) is 3.91. The number of hydrogen-bond donors (Lipinski definition) is 1. The highest BCUT2D eigenvalue weighted by Gasteiger charge is 2.18. The molecule has 0 fully saturated rings. The molecule has 0 bridgehead atoms. The maximum atomic E-state index is 11.1. The van der Waals surface area contributed by atoms with Gasteiger partial charge in [-0.1, -0.05) is 19.1 Å². The quantitative estimate of drug-likeness (QED) is 0.683. The summed E-state index contributed by atoms with van der Waals surface area (Å²) in [4.78, 5) is 19.5. The zero-order chi connectivity index (χ0) is 14.7. The largest absolute Gasteiger partial charge is 0.373 e. The second kappa shape index (κ2) is 5.64. The molecule has 6 nitrogen and oxygen atoms in total. The van der Waals surface area contributed by atoms with Crippen molar-refractivity contribution in [3.05, 3.63) is 45.6 Å². The van der Waals surface area contributed by atoms with Crippen molar-refractivity contribution in [2.75, 3.05) is 12.4 Å². The van der Waals surface area contributed by atoms with E-state index in [0.717, 1.165) is 17.7 Å². The molecule has 1 N–H and O–H groups in total. The Labute approximate surface area is 117 Å². The van der Waals surface area contributed by atoms with Crippen LogP contribution in [0.1, 0.15) is 18.2 Å². The molecule has 0 saturated carbocycles. The molecule has 0 amide bonds. The fourth-order valence-electron chi connectivity index (χ4n) is 2.17. The van der Waals surface area contributed by atoms with Crippen molar-refractivity contribution in [2.45, 2.75) is 20.3 Å². The summed E-state index contributed by atoms with van der Waals surface area (Å²) in [7, 11) is 1.78. The third kappa shape index (κ3) is 2.45. The van der Waals surface area contributed by atoms with Gasteiger partial charge < -0.3 is 5.32 Å². The van der Waals surface area contributed by atoms with Crippen LogP contribution in [-0.2, 0) is 6.42 Å². The number of nitrogens with one attached hydrogen (secondary N) is 1. The lowest BCUT2D eigenvalue weighted by Crippen LogP contribution is -2.05. The number of para-hydroxylation sites is 1. The molecule has 0 radical (unpaired) electrons. The first-order valence-corrected chi connectivity index (χ1v) is 6.37. The molecule has 1 aromatic carbocycles. The number of nitro groups is 1. The number of benzene rings is 1. The van der Waals surface area contributed by atoms with Gasteiger partial charge in [0, 0.05) is 24.4 Å². The summed E-state index contributed by atoms with van der Waals surface area (Å²) >= 11 is 0. The van der Waals surface area contributed by atoms with Crippen LogP contribution in [0.15, 0.2) is 24.3 Å². The van der Waals surface area contributed by atoms with Crippen molar-refractivity contribution in [2.24, 2.45) is 0 Å². The average molecular weight is 272 g/mol. The van der Waals surface area contributed by atoms with Crippen molar-refractivity contribution in [3.8, 4) is 11.4 Å². The number of nitro benzene ring substituents is 1. The van der Waals surface area contributed by atoms with Gasteiger partial charge >= 0.3 is 0 Å². The van der Waals surface area contributed by atoms with E-state index in [4.69, 9.17) is 0 Å². The fourth-order valence-corrected chi connectivity index (χ4v) is 2.17. The standard InChI is InChI=1S/C14H16N4O2/c1-4-10-9(2)16-14(17-13(10)15-3)11-7-5-6-8-12(11)18(19)20/h5-8H,4H2,1-3H3,(H,15,16,17). The van der Waals surface area contributed by atoms with Gasteiger partial charge in [-0.15, -0.1) is 0 Å². The van der Waals surface area contributed by atoms with Crippen molar-refractivity contribution in [1.82, 2.24) is 9.97 Å². The summed E-state index contributed by atoms with van der Waals surface area (Å²) < 4.78 is 0. The Morgan fingerprint density at radius 2 is 2.00 bits per heavy atom. The molecule has 1 heterocycles. The first-order chi connectivity index (χ1) is 9.58. The van der Waals surface area contributed by atoms with Crippen LogP contribution in [0.25, 0.3) is 11.4 Å². The highest BCUT2D eigenvalue weighted by atomic mass is 16.6. The van der Waals surface area contributed by atoms with E-state index in [1.807, 2.05) is 13.8 Å². The number of nitrogens with zero attached hydrogens (tertiary/aromatic N) is 3. The van der Waals surface area contributed by atoms with Crippen molar-refractivity contribution in [1.29, 1.82) is 0 Å². The molecular weight excluding hydrogens is 256 g/mol. The fraction of sp³-hybridized carbons (Fsp3) is 0.286. The number of anilines is 1. The highest BCUT2D eigenvalue weighted by molar-refractivity contribution is 5.69. The van der Waals surface area contributed by atoms with Crippen molar-refractivity contribution in [3.63, 3.8) is 0 Å². The Bertz CT molecular complexity index is 656. The van der Waals surface area contributed by atoms with Crippen LogP contribution in [0.2, 0.25) is 0 Å². The zero-order valence-corrected chi connectivity index (χ0v) is 11.7. The van der Waals surface area contributed by atoms with E-state index in [2.05, 4.69) is 15.3 Å². The molecule has 0 saturated heterocycles. The molecule has 6 heteroatoms. The Kier molecular flexibility index (Phi) is 3.93. The molecule has 0 aliphatic rings. The van der Waals surface area contributed by atoms with Crippen LogP contribution in [0.4, 0.5) is 11.5 Å². The maximum Gasteiger partial charge on any atom is 0.280 e. The minimum absolute atomic E-state index is 0.0122. The molecule has 104 valence electrons. The van der Waals surface area contributed by atoms with E-state index in [-0.39, 0.29) is 5.69 Å². The minimum Gasteiger partial charge on any atom is -0.373 e. The van der Waals surface area contributed by atoms with E-state index in [0.29, 0.717) is 17.2 Å². The molecule has 1 aromatic heterocycles. The molecule has 2 rings (SSSR count). The topological polar surface area (TPSA) is 81.0 Å². The minimum atomic E-state index is -0.416. The third-order valence-corrected chi connectivity index (χ3v) is 3.15. The smallest absolute Gasteiger partial charge is 0.280 e. The predicted octanol–water partition coefficient (Wildman–Crippen LogP) is 2.96. The molecule has 0 unspecified atom stereocenters. The van der Waals surface area contributed by atoms with Gasteiger partial charge in [-0.05, 0) is 19.4 Å². The van der Waals surface area contributed by atoms with E-state index in [9.17, 15) is 10.1 Å². The van der Waals surface area contributed by atoms with Gasteiger partial charge in [0.2, 0.25) is 0 Å². The molecule has 20 heavy (non-hydrogen) atoms. The van der Waals surface area contributed by atoms with Gasteiger partial charge in [-0.2, -0.15) is 0 Å². The molecular formula is C14H16N4O2. The molecule has 0 aliphatic heterocycles. The van der Waals surface area contributed by atoms with E-state index in [1.54, 1.807) is 25.2 Å². The number of rotatable bonds is 4. The number of hydrogen-bond acceptors (Lipinski definition) is 5. The van der Waals surface area contributed by atoms with Crippen LogP contribution < -0.4 is 5.32 Å². The first-order valence-electron chi connectivity index (χ1n) is 6.37. The number of aryl methyl sites for hydroxylation is 1. The second-order valence-corrected chi connectivity index (χ2v) is 4.34.